The van der Waals surface area contributed by atoms with Gasteiger partial charge in [-0.2, -0.15) is 0 Å². The first kappa shape index (κ1) is 22.4. The van der Waals surface area contributed by atoms with Gasteiger partial charge in [-0.3, -0.25) is 9.59 Å². The maximum atomic E-state index is 13.2. The Kier molecular flexibility index (Phi) is 5.78. The van der Waals surface area contributed by atoms with Crippen LogP contribution >= 0.6 is 0 Å². The molecule has 0 radical (unpaired) electrons. The minimum atomic E-state index is -0.739. The van der Waals surface area contributed by atoms with Crippen molar-refractivity contribution in [1.29, 1.82) is 0 Å². The molecular formula is C28H31N3O3. The van der Waals surface area contributed by atoms with Crippen molar-refractivity contribution < 1.29 is 14.7 Å². The lowest BCUT2D eigenvalue weighted by Crippen LogP contribution is -2.72. The van der Waals surface area contributed by atoms with Gasteiger partial charge < -0.3 is 20.2 Å². The molecule has 5 rings (SSSR count). The summed E-state index contributed by atoms with van der Waals surface area (Å²) in [7, 11) is 0. The molecule has 176 valence electrons. The number of aryl methyl sites for hydroxylation is 1. The largest absolute Gasteiger partial charge is 0.481 e. The molecule has 2 N–H and O–H groups in total. The number of carbonyl (C=O) groups is 2. The number of benzene rings is 3. The van der Waals surface area contributed by atoms with E-state index in [0.29, 0.717) is 12.1 Å². The predicted octanol–water partition coefficient (Wildman–Crippen LogP) is 4.24. The summed E-state index contributed by atoms with van der Waals surface area (Å²) < 4.78 is 0. The van der Waals surface area contributed by atoms with E-state index in [-0.39, 0.29) is 23.8 Å². The number of aliphatic carboxylic acids is 1. The van der Waals surface area contributed by atoms with Gasteiger partial charge in [0.25, 0.3) is 5.91 Å². The molecule has 0 aliphatic carbocycles. The Morgan fingerprint density at radius 1 is 1.03 bits per heavy atom. The molecule has 1 amide bonds. The number of carboxylic acids is 1. The number of likely N-dealkylation sites (tertiary alicyclic amines) is 1. The second-order valence-corrected chi connectivity index (χ2v) is 9.97. The van der Waals surface area contributed by atoms with Crippen LogP contribution in [0.5, 0.6) is 0 Å². The normalized spacial score (nSPS) is 17.8. The lowest BCUT2D eigenvalue weighted by atomic mass is 9.72. The fourth-order valence-electron chi connectivity index (χ4n) is 5.49. The monoisotopic (exact) mass is 457 g/mol. The van der Waals surface area contributed by atoms with Gasteiger partial charge in [0.05, 0.1) is 12.5 Å². The fraction of sp³-hybridized carbons (Fsp3) is 0.357. The molecule has 6 heteroatoms. The van der Waals surface area contributed by atoms with E-state index in [1.54, 1.807) is 0 Å². The standard InChI is InChI=1S/C28H31N3O3/c1-19-10-11-22(31-17-28(18-31)15-30(16-28)13-12-26(32)33)14-25(19)27(34)29-20(2)23-9-5-7-21-6-3-4-8-24(21)23/h3-11,14,20H,12-13,15-18H2,1-2H3,(H,29,34)(H,32,33)/t20-/m1/s1. The smallest absolute Gasteiger partial charge is 0.304 e. The van der Waals surface area contributed by atoms with Gasteiger partial charge in [0.2, 0.25) is 0 Å². The number of carbonyl (C=O) groups excluding carboxylic acids is 1. The van der Waals surface area contributed by atoms with Crippen LogP contribution in [-0.2, 0) is 4.79 Å². The lowest BCUT2D eigenvalue weighted by molar-refractivity contribution is -0.138. The third-order valence-electron chi connectivity index (χ3n) is 7.28. The molecule has 0 unspecified atom stereocenters. The molecule has 0 aromatic heterocycles. The highest BCUT2D eigenvalue weighted by Gasteiger charge is 2.51. The van der Waals surface area contributed by atoms with Crippen LogP contribution in [0, 0.1) is 12.3 Å². The van der Waals surface area contributed by atoms with Crippen molar-refractivity contribution in [2.24, 2.45) is 5.41 Å². The van der Waals surface area contributed by atoms with E-state index in [4.69, 9.17) is 5.11 Å². The van der Waals surface area contributed by atoms with Crippen LogP contribution in [0.25, 0.3) is 10.8 Å². The molecule has 2 fully saturated rings. The number of hydrogen-bond acceptors (Lipinski definition) is 4. The van der Waals surface area contributed by atoms with Crippen LogP contribution in [0.15, 0.2) is 60.7 Å². The number of rotatable bonds is 7. The van der Waals surface area contributed by atoms with Gasteiger partial charge in [0, 0.05) is 49.4 Å². The summed E-state index contributed by atoms with van der Waals surface area (Å²) in [4.78, 5) is 28.6. The van der Waals surface area contributed by atoms with Gasteiger partial charge in [-0.25, -0.2) is 0 Å². The highest BCUT2D eigenvalue weighted by Crippen LogP contribution is 2.42. The van der Waals surface area contributed by atoms with Crippen LogP contribution in [0.2, 0.25) is 0 Å². The Balaban J connectivity index is 1.24. The molecular weight excluding hydrogens is 426 g/mol. The lowest BCUT2D eigenvalue weighted by Gasteiger charge is -2.61. The van der Waals surface area contributed by atoms with E-state index < -0.39 is 5.97 Å². The quantitative estimate of drug-likeness (QED) is 0.555. The van der Waals surface area contributed by atoms with Gasteiger partial charge in [-0.15, -0.1) is 0 Å². The summed E-state index contributed by atoms with van der Waals surface area (Å²) in [6.45, 7) is 8.45. The average molecular weight is 458 g/mol. The Morgan fingerprint density at radius 2 is 1.76 bits per heavy atom. The van der Waals surface area contributed by atoms with E-state index in [1.165, 1.54) is 5.39 Å². The van der Waals surface area contributed by atoms with Gasteiger partial charge in [0.1, 0.15) is 0 Å². The van der Waals surface area contributed by atoms with Crippen molar-refractivity contribution in [1.82, 2.24) is 10.2 Å². The van der Waals surface area contributed by atoms with Gasteiger partial charge in [-0.1, -0.05) is 48.5 Å². The van der Waals surface area contributed by atoms with Gasteiger partial charge in [-0.05, 0) is 47.9 Å². The van der Waals surface area contributed by atoms with Gasteiger partial charge in [0.15, 0.2) is 0 Å². The Bertz CT molecular complexity index is 1240. The van der Waals surface area contributed by atoms with Gasteiger partial charge >= 0.3 is 5.97 Å². The zero-order chi connectivity index (χ0) is 23.9. The molecule has 1 atom stereocenters. The third-order valence-corrected chi connectivity index (χ3v) is 7.28. The number of fused-ring (bicyclic) bond motifs is 1. The molecule has 3 aromatic rings. The van der Waals surface area contributed by atoms with Crippen molar-refractivity contribution in [3.8, 4) is 0 Å². The minimum absolute atomic E-state index is 0.0569. The Labute approximate surface area is 200 Å². The number of hydrogen-bond donors (Lipinski definition) is 2. The second kappa shape index (κ2) is 8.76. The highest BCUT2D eigenvalue weighted by atomic mass is 16.4. The average Bonchev–Trinajstić information content (AvgIpc) is 2.77. The molecule has 1 spiro atoms. The van der Waals surface area contributed by atoms with Crippen molar-refractivity contribution in [3.63, 3.8) is 0 Å². The Morgan fingerprint density at radius 3 is 2.53 bits per heavy atom. The molecule has 2 heterocycles. The van der Waals surface area contributed by atoms with Crippen LogP contribution < -0.4 is 10.2 Å². The molecule has 6 nitrogen and oxygen atoms in total. The molecule has 2 aliphatic heterocycles. The molecule has 2 aliphatic rings. The minimum Gasteiger partial charge on any atom is -0.481 e. The maximum absolute atomic E-state index is 13.2. The summed E-state index contributed by atoms with van der Waals surface area (Å²) in [6, 6.07) is 20.5. The predicted molar refractivity (Wildman–Crippen MR) is 134 cm³/mol. The molecule has 3 aromatic carbocycles. The summed E-state index contributed by atoms with van der Waals surface area (Å²) >= 11 is 0. The number of amides is 1. The van der Waals surface area contributed by atoms with Crippen LogP contribution in [-0.4, -0.2) is 54.6 Å². The number of carboxylic acid groups (broad SMARTS) is 1. The van der Waals surface area contributed by atoms with Crippen molar-refractivity contribution in [2.75, 3.05) is 37.6 Å². The van der Waals surface area contributed by atoms with Crippen LogP contribution in [0.1, 0.15) is 40.9 Å². The zero-order valence-corrected chi connectivity index (χ0v) is 19.8. The molecule has 0 bridgehead atoms. The first-order chi connectivity index (χ1) is 16.3. The van der Waals surface area contributed by atoms with E-state index in [2.05, 4.69) is 45.4 Å². The summed E-state index contributed by atoms with van der Waals surface area (Å²) in [6.07, 6.45) is 0.202. The summed E-state index contributed by atoms with van der Waals surface area (Å²) in [5.41, 5.74) is 4.13. The van der Waals surface area contributed by atoms with Crippen molar-refractivity contribution in [3.05, 3.63) is 77.4 Å². The Hall–Kier alpha value is -3.38. The SMILES string of the molecule is Cc1ccc(N2CC3(CN(CCC(=O)O)C3)C2)cc1C(=O)N[C@H](C)c1cccc2ccccc12. The third kappa shape index (κ3) is 4.26. The number of nitrogens with zero attached hydrogens (tertiary/aromatic N) is 2. The molecule has 34 heavy (non-hydrogen) atoms. The number of anilines is 1. The first-order valence-electron chi connectivity index (χ1n) is 11.9. The maximum Gasteiger partial charge on any atom is 0.304 e. The van der Waals surface area contributed by atoms with E-state index in [0.717, 1.165) is 48.4 Å². The van der Waals surface area contributed by atoms with Crippen molar-refractivity contribution in [2.45, 2.75) is 26.3 Å². The van der Waals surface area contributed by atoms with E-state index in [9.17, 15) is 9.59 Å². The second-order valence-electron chi connectivity index (χ2n) is 9.97. The van der Waals surface area contributed by atoms with E-state index >= 15 is 0 Å². The summed E-state index contributed by atoms with van der Waals surface area (Å²) in [5, 5.41) is 14.4. The number of nitrogens with one attached hydrogen (secondary N) is 1. The molecule has 2 saturated heterocycles. The van der Waals surface area contributed by atoms with Crippen LogP contribution in [0.4, 0.5) is 5.69 Å². The van der Waals surface area contributed by atoms with Crippen molar-refractivity contribution >= 4 is 28.3 Å². The van der Waals surface area contributed by atoms with E-state index in [1.807, 2.05) is 44.2 Å². The highest BCUT2D eigenvalue weighted by molar-refractivity contribution is 5.97. The zero-order valence-electron chi connectivity index (χ0n) is 19.8. The summed E-state index contributed by atoms with van der Waals surface area (Å²) in [5.74, 6) is -0.796. The fourth-order valence-corrected chi connectivity index (χ4v) is 5.49. The first-order valence-corrected chi connectivity index (χ1v) is 11.9. The molecule has 0 saturated carbocycles. The van der Waals surface area contributed by atoms with Crippen LogP contribution in [0.3, 0.4) is 0 Å². The topological polar surface area (TPSA) is 72.9 Å².